The third-order valence-electron chi connectivity index (χ3n) is 2.27. The van der Waals surface area contributed by atoms with Crippen molar-refractivity contribution in [3.8, 4) is 17.0 Å². The molecule has 18 heavy (non-hydrogen) atoms. The lowest BCUT2D eigenvalue weighted by Crippen LogP contribution is -2.12. The number of hydrogen-bond donors (Lipinski definition) is 3. The van der Waals surface area contributed by atoms with Gasteiger partial charge in [0.25, 0.3) is 0 Å². The van der Waals surface area contributed by atoms with Crippen molar-refractivity contribution in [2.24, 2.45) is 0 Å². The molecule has 1 aromatic carbocycles. The summed E-state index contributed by atoms with van der Waals surface area (Å²) in [6.45, 7) is -0.191. The molecule has 0 aliphatic carbocycles. The Morgan fingerprint density at radius 3 is 2.89 bits per heavy atom. The van der Waals surface area contributed by atoms with Crippen LogP contribution in [0.2, 0.25) is 0 Å². The van der Waals surface area contributed by atoms with E-state index in [1.165, 1.54) is 11.3 Å². The number of aliphatic hydroxyl groups excluding tert-OH is 1. The maximum Gasteiger partial charge on any atom is 0.228 e. The van der Waals surface area contributed by atoms with Crippen LogP contribution in [-0.4, -0.2) is 27.7 Å². The predicted molar refractivity (Wildman–Crippen MR) is 69.5 cm³/mol. The lowest BCUT2D eigenvalue weighted by Gasteiger charge is -2.00. The number of para-hydroxylation sites is 1. The van der Waals surface area contributed by atoms with Crippen LogP contribution in [0.25, 0.3) is 11.3 Å². The number of phenolic OH excluding ortho intramolecular Hbond substituents is 1. The molecule has 0 unspecified atom stereocenters. The number of carbonyl (C=O) groups excluding carboxylic acids is 1. The van der Waals surface area contributed by atoms with Gasteiger partial charge in [-0.25, -0.2) is 4.98 Å². The van der Waals surface area contributed by atoms with E-state index in [2.05, 4.69) is 10.3 Å². The van der Waals surface area contributed by atoms with Crippen LogP contribution >= 0.6 is 11.3 Å². The fraction of sp³-hybridized carbons (Fsp3) is 0.167. The molecule has 3 N–H and O–H groups in total. The topological polar surface area (TPSA) is 82.5 Å². The summed E-state index contributed by atoms with van der Waals surface area (Å²) in [4.78, 5) is 15.5. The summed E-state index contributed by atoms with van der Waals surface area (Å²) in [7, 11) is 0. The van der Waals surface area contributed by atoms with Gasteiger partial charge in [-0.3, -0.25) is 4.79 Å². The van der Waals surface area contributed by atoms with Crippen molar-refractivity contribution in [2.75, 3.05) is 11.9 Å². The smallest absolute Gasteiger partial charge is 0.228 e. The van der Waals surface area contributed by atoms with Crippen LogP contribution in [0.4, 0.5) is 5.13 Å². The number of phenols is 1. The van der Waals surface area contributed by atoms with E-state index in [0.29, 0.717) is 16.4 Å². The highest BCUT2D eigenvalue weighted by atomic mass is 32.1. The number of benzene rings is 1. The Morgan fingerprint density at radius 1 is 1.39 bits per heavy atom. The number of aromatic hydroxyl groups is 1. The first-order chi connectivity index (χ1) is 8.70. The van der Waals surface area contributed by atoms with Crippen molar-refractivity contribution in [3.05, 3.63) is 29.6 Å². The number of carbonyl (C=O) groups is 1. The van der Waals surface area contributed by atoms with Gasteiger partial charge in [0.15, 0.2) is 5.13 Å². The van der Waals surface area contributed by atoms with Crippen LogP contribution in [0.5, 0.6) is 5.75 Å². The zero-order valence-electron chi connectivity index (χ0n) is 9.46. The Morgan fingerprint density at radius 2 is 2.17 bits per heavy atom. The molecule has 6 heteroatoms. The summed E-state index contributed by atoms with van der Waals surface area (Å²) >= 11 is 1.27. The third kappa shape index (κ3) is 2.85. The summed E-state index contributed by atoms with van der Waals surface area (Å²) in [5, 5.41) is 23.1. The maximum absolute atomic E-state index is 11.3. The van der Waals surface area contributed by atoms with Crippen molar-refractivity contribution in [2.45, 2.75) is 6.42 Å². The molecule has 94 valence electrons. The van der Waals surface area contributed by atoms with Crippen LogP contribution in [0.1, 0.15) is 6.42 Å². The molecule has 0 aliphatic heterocycles. The van der Waals surface area contributed by atoms with E-state index in [4.69, 9.17) is 5.11 Å². The number of hydrogen-bond acceptors (Lipinski definition) is 5. The first-order valence-electron chi connectivity index (χ1n) is 5.35. The molecule has 1 amide bonds. The largest absolute Gasteiger partial charge is 0.507 e. The van der Waals surface area contributed by atoms with Gasteiger partial charge in [0, 0.05) is 10.9 Å². The highest BCUT2D eigenvalue weighted by Crippen LogP contribution is 2.30. The highest BCUT2D eigenvalue weighted by molar-refractivity contribution is 7.14. The molecule has 0 atom stereocenters. The summed E-state index contributed by atoms with van der Waals surface area (Å²) in [6, 6.07) is 6.87. The zero-order valence-corrected chi connectivity index (χ0v) is 10.3. The second-order valence-corrected chi connectivity index (χ2v) is 4.43. The van der Waals surface area contributed by atoms with Crippen molar-refractivity contribution < 1.29 is 15.0 Å². The van der Waals surface area contributed by atoms with Crippen molar-refractivity contribution in [1.29, 1.82) is 0 Å². The van der Waals surface area contributed by atoms with Gasteiger partial charge >= 0.3 is 0 Å². The van der Waals surface area contributed by atoms with Crippen molar-refractivity contribution in [3.63, 3.8) is 0 Å². The van der Waals surface area contributed by atoms with E-state index in [1.807, 2.05) is 0 Å². The second-order valence-electron chi connectivity index (χ2n) is 3.58. The van der Waals surface area contributed by atoms with Gasteiger partial charge in [-0.2, -0.15) is 0 Å². The lowest BCUT2D eigenvalue weighted by atomic mass is 10.1. The van der Waals surface area contributed by atoms with Gasteiger partial charge < -0.3 is 15.5 Å². The zero-order chi connectivity index (χ0) is 13.0. The molecule has 2 rings (SSSR count). The average Bonchev–Trinajstić information content (AvgIpc) is 2.78. The number of anilines is 1. The van der Waals surface area contributed by atoms with Crippen molar-refractivity contribution >= 4 is 22.4 Å². The predicted octanol–water partition coefficient (Wildman–Crippen LogP) is 1.84. The van der Waals surface area contributed by atoms with Gasteiger partial charge in [0.2, 0.25) is 5.91 Å². The number of amides is 1. The van der Waals surface area contributed by atoms with Crippen molar-refractivity contribution in [1.82, 2.24) is 4.98 Å². The number of aromatic nitrogens is 1. The molecule has 0 saturated heterocycles. The Kier molecular flexibility index (Phi) is 3.91. The van der Waals surface area contributed by atoms with Crippen LogP contribution < -0.4 is 5.32 Å². The minimum absolute atomic E-state index is 0.0471. The van der Waals surface area contributed by atoms with E-state index in [0.717, 1.165) is 0 Å². The Hall–Kier alpha value is -1.92. The van der Waals surface area contributed by atoms with Crippen LogP contribution in [-0.2, 0) is 4.79 Å². The van der Waals surface area contributed by atoms with E-state index < -0.39 is 0 Å². The number of rotatable bonds is 4. The Bertz CT molecular complexity index is 554. The number of aliphatic hydroxyl groups is 1. The van der Waals surface area contributed by atoms with E-state index in [-0.39, 0.29) is 24.7 Å². The fourth-order valence-corrected chi connectivity index (χ4v) is 2.16. The van der Waals surface area contributed by atoms with Crippen LogP contribution in [0, 0.1) is 0 Å². The summed E-state index contributed by atoms with van der Waals surface area (Å²) in [6.07, 6.45) is 0.0471. The maximum atomic E-state index is 11.3. The minimum atomic E-state index is -0.282. The molecular formula is C12H12N2O3S. The first-order valence-corrected chi connectivity index (χ1v) is 6.23. The minimum Gasteiger partial charge on any atom is -0.507 e. The van der Waals surface area contributed by atoms with Gasteiger partial charge in [-0.1, -0.05) is 12.1 Å². The molecule has 0 saturated carbocycles. The molecular weight excluding hydrogens is 252 g/mol. The van der Waals surface area contributed by atoms with Gasteiger partial charge in [0.1, 0.15) is 5.75 Å². The van der Waals surface area contributed by atoms with Gasteiger partial charge in [-0.05, 0) is 12.1 Å². The Balaban J connectivity index is 2.16. The monoisotopic (exact) mass is 264 g/mol. The molecule has 1 heterocycles. The summed E-state index contributed by atoms with van der Waals surface area (Å²) < 4.78 is 0. The summed E-state index contributed by atoms with van der Waals surface area (Å²) in [5.74, 6) is -0.133. The highest BCUT2D eigenvalue weighted by Gasteiger charge is 2.09. The molecule has 2 aromatic rings. The molecule has 0 radical (unpaired) electrons. The van der Waals surface area contributed by atoms with Gasteiger partial charge in [-0.15, -0.1) is 11.3 Å². The second kappa shape index (κ2) is 5.61. The average molecular weight is 264 g/mol. The lowest BCUT2D eigenvalue weighted by molar-refractivity contribution is -0.116. The quantitative estimate of drug-likeness (QED) is 0.787. The number of nitrogens with one attached hydrogen (secondary N) is 1. The summed E-state index contributed by atoms with van der Waals surface area (Å²) in [5.41, 5.74) is 1.23. The third-order valence-corrected chi connectivity index (χ3v) is 3.03. The molecule has 0 spiro atoms. The van der Waals surface area contributed by atoms with E-state index in [9.17, 15) is 9.90 Å². The molecule has 0 fully saturated rings. The number of thiazole rings is 1. The first kappa shape index (κ1) is 12.5. The molecule has 0 bridgehead atoms. The van der Waals surface area contributed by atoms with Crippen LogP contribution in [0.3, 0.4) is 0 Å². The Labute approximate surface area is 108 Å². The van der Waals surface area contributed by atoms with E-state index in [1.54, 1.807) is 29.6 Å². The SMILES string of the molecule is O=C(CCO)Nc1nc(-c2ccccc2O)cs1. The molecule has 0 aliphatic rings. The van der Waals surface area contributed by atoms with Crippen LogP contribution in [0.15, 0.2) is 29.6 Å². The molecule has 5 nitrogen and oxygen atoms in total. The van der Waals surface area contributed by atoms with Gasteiger partial charge in [0.05, 0.1) is 18.7 Å². The fourth-order valence-electron chi connectivity index (χ4n) is 1.43. The standard InChI is InChI=1S/C12H12N2O3S/c15-6-5-11(17)14-12-13-9(7-18-12)8-3-1-2-4-10(8)16/h1-4,7,15-16H,5-6H2,(H,13,14,17). The number of nitrogens with zero attached hydrogens (tertiary/aromatic N) is 1. The van der Waals surface area contributed by atoms with E-state index >= 15 is 0 Å². The normalized spacial score (nSPS) is 10.3. The molecule has 1 aromatic heterocycles.